The number of hydrogen-bond acceptors (Lipinski definition) is 7. The summed E-state index contributed by atoms with van der Waals surface area (Å²) in [4.78, 5) is 39.0. The Morgan fingerprint density at radius 3 is 2.46 bits per heavy atom. The molecule has 0 bridgehead atoms. The summed E-state index contributed by atoms with van der Waals surface area (Å²) in [6.45, 7) is 2.27. The molecule has 1 N–H and O–H groups in total. The van der Waals surface area contributed by atoms with Crippen molar-refractivity contribution in [1.29, 1.82) is 0 Å². The summed E-state index contributed by atoms with van der Waals surface area (Å²) in [5.41, 5.74) is 2.01. The second kappa shape index (κ2) is 13.1. The molecular formula is C28H24BrClN2O6S. The molecule has 1 heterocycles. The average molecular weight is 632 g/mol. The lowest BCUT2D eigenvalue weighted by Gasteiger charge is -2.14. The number of anilines is 1. The van der Waals surface area contributed by atoms with Crippen LogP contribution in [-0.4, -0.2) is 42.2 Å². The number of methoxy groups -OCH3 is 1. The highest BCUT2D eigenvalue weighted by atomic mass is 79.9. The molecule has 0 radical (unpaired) electrons. The fraction of sp³-hybridized carbons (Fsp3) is 0.179. The van der Waals surface area contributed by atoms with Gasteiger partial charge in [0.1, 0.15) is 18.9 Å². The highest BCUT2D eigenvalue weighted by Crippen LogP contribution is 2.39. The normalized spacial score (nSPS) is 14.1. The van der Waals surface area contributed by atoms with Gasteiger partial charge in [-0.2, -0.15) is 0 Å². The van der Waals surface area contributed by atoms with Crippen LogP contribution in [0, 0.1) is 0 Å². The van der Waals surface area contributed by atoms with E-state index in [1.807, 2.05) is 31.2 Å². The van der Waals surface area contributed by atoms with Gasteiger partial charge in [-0.1, -0.05) is 39.7 Å². The molecule has 39 heavy (non-hydrogen) atoms. The minimum absolute atomic E-state index is 0.163. The molecule has 4 rings (SSSR count). The molecule has 0 spiro atoms. The molecule has 1 fully saturated rings. The Bertz CT molecular complexity index is 1410. The van der Waals surface area contributed by atoms with Gasteiger partial charge in [0.25, 0.3) is 11.1 Å². The van der Waals surface area contributed by atoms with Crippen LogP contribution < -0.4 is 19.5 Å². The third-order valence-electron chi connectivity index (χ3n) is 5.47. The van der Waals surface area contributed by atoms with Crippen LogP contribution in [0.5, 0.6) is 17.2 Å². The maximum Gasteiger partial charge on any atom is 0.294 e. The number of imide groups is 1. The molecule has 1 aliphatic rings. The molecule has 0 aliphatic carbocycles. The van der Waals surface area contributed by atoms with Crippen LogP contribution in [0.3, 0.4) is 0 Å². The first kappa shape index (κ1) is 28.5. The van der Waals surface area contributed by atoms with E-state index in [1.54, 1.807) is 36.4 Å². The smallest absolute Gasteiger partial charge is 0.294 e. The van der Waals surface area contributed by atoms with Crippen LogP contribution >= 0.6 is 39.3 Å². The van der Waals surface area contributed by atoms with Gasteiger partial charge < -0.3 is 19.5 Å². The number of rotatable bonds is 10. The molecule has 0 aromatic heterocycles. The zero-order valence-corrected chi connectivity index (χ0v) is 24.2. The lowest BCUT2D eigenvalue weighted by molar-refractivity contribution is -0.127. The Labute approximate surface area is 243 Å². The van der Waals surface area contributed by atoms with E-state index >= 15 is 0 Å². The average Bonchev–Trinajstić information content (AvgIpc) is 3.17. The van der Waals surface area contributed by atoms with Gasteiger partial charge >= 0.3 is 0 Å². The maximum absolute atomic E-state index is 12.9. The van der Waals surface area contributed by atoms with Gasteiger partial charge in [-0.05, 0) is 84.4 Å². The predicted octanol–water partition coefficient (Wildman–Crippen LogP) is 6.76. The Morgan fingerprint density at radius 2 is 1.79 bits per heavy atom. The minimum atomic E-state index is -0.572. The second-order valence-electron chi connectivity index (χ2n) is 8.22. The summed E-state index contributed by atoms with van der Waals surface area (Å²) in [5.74, 6) is 0.336. The minimum Gasteiger partial charge on any atom is -0.494 e. The third kappa shape index (κ3) is 7.35. The van der Waals surface area contributed by atoms with E-state index in [2.05, 4.69) is 21.2 Å². The zero-order valence-electron chi connectivity index (χ0n) is 21.0. The van der Waals surface area contributed by atoms with Crippen molar-refractivity contribution in [2.75, 3.05) is 25.6 Å². The second-order valence-corrected chi connectivity index (χ2v) is 10.5. The molecule has 1 saturated heterocycles. The number of carbonyl (C=O) groups excluding carboxylic acids is 3. The molecule has 8 nitrogen and oxygen atoms in total. The summed E-state index contributed by atoms with van der Waals surface area (Å²) < 4.78 is 17.7. The summed E-state index contributed by atoms with van der Waals surface area (Å²) in [6.07, 6.45) is 1.53. The highest BCUT2D eigenvalue weighted by molar-refractivity contribution is 9.10. The van der Waals surface area contributed by atoms with Crippen molar-refractivity contribution in [3.05, 3.63) is 86.2 Å². The summed E-state index contributed by atoms with van der Waals surface area (Å²) in [5, 5.41) is 2.42. The van der Waals surface area contributed by atoms with Crippen LogP contribution in [0.25, 0.3) is 6.08 Å². The molecule has 3 aromatic rings. The molecule has 1 aliphatic heterocycles. The van der Waals surface area contributed by atoms with Crippen LogP contribution in [0.15, 0.2) is 70.0 Å². The van der Waals surface area contributed by atoms with Crippen molar-refractivity contribution < 1.29 is 28.6 Å². The number of hydrogen-bond donors (Lipinski definition) is 1. The van der Waals surface area contributed by atoms with Crippen molar-refractivity contribution in [3.63, 3.8) is 0 Å². The van der Waals surface area contributed by atoms with Gasteiger partial charge in [0.15, 0.2) is 11.5 Å². The molecule has 3 amide bonds. The molecular weight excluding hydrogens is 608 g/mol. The summed E-state index contributed by atoms with van der Waals surface area (Å²) in [6, 6.07) is 17.8. The van der Waals surface area contributed by atoms with E-state index in [9.17, 15) is 14.4 Å². The van der Waals surface area contributed by atoms with Gasteiger partial charge in [0.05, 0.1) is 23.6 Å². The number of thioether (sulfide) groups is 1. The lowest BCUT2D eigenvalue weighted by Crippen LogP contribution is -2.36. The van der Waals surface area contributed by atoms with Gasteiger partial charge in [0.2, 0.25) is 5.91 Å². The van der Waals surface area contributed by atoms with Crippen LogP contribution in [0.4, 0.5) is 10.5 Å². The molecule has 11 heteroatoms. The number of benzene rings is 3. The topological polar surface area (TPSA) is 94.2 Å². The number of amides is 3. The number of nitrogens with one attached hydrogen (secondary N) is 1. The van der Waals surface area contributed by atoms with Crippen molar-refractivity contribution in [1.82, 2.24) is 4.90 Å². The predicted molar refractivity (Wildman–Crippen MR) is 155 cm³/mol. The Hall–Kier alpha value is -3.47. The van der Waals surface area contributed by atoms with Crippen molar-refractivity contribution in [2.45, 2.75) is 13.5 Å². The van der Waals surface area contributed by atoms with Crippen molar-refractivity contribution in [3.8, 4) is 17.2 Å². The number of ether oxygens (including phenoxy) is 3. The van der Waals surface area contributed by atoms with E-state index in [1.165, 1.54) is 13.2 Å². The molecule has 0 saturated carbocycles. The zero-order chi connectivity index (χ0) is 27.9. The van der Waals surface area contributed by atoms with Crippen LogP contribution in [0.2, 0.25) is 5.02 Å². The number of nitrogens with zero attached hydrogens (tertiary/aromatic N) is 1. The first-order valence-electron chi connectivity index (χ1n) is 11.8. The van der Waals surface area contributed by atoms with Crippen molar-refractivity contribution in [2.24, 2.45) is 0 Å². The molecule has 0 atom stereocenters. The van der Waals surface area contributed by atoms with Crippen LogP contribution in [-0.2, 0) is 16.2 Å². The van der Waals surface area contributed by atoms with Gasteiger partial charge in [-0.3, -0.25) is 19.3 Å². The fourth-order valence-corrected chi connectivity index (χ4v) is 5.01. The number of halogens is 2. The van der Waals surface area contributed by atoms with E-state index in [-0.39, 0.29) is 16.5 Å². The van der Waals surface area contributed by atoms with Crippen LogP contribution in [0.1, 0.15) is 18.1 Å². The maximum atomic E-state index is 12.9. The van der Waals surface area contributed by atoms with Crippen molar-refractivity contribution >= 4 is 68.1 Å². The van der Waals surface area contributed by atoms with Gasteiger partial charge in [0, 0.05) is 10.2 Å². The quantitative estimate of drug-likeness (QED) is 0.247. The summed E-state index contributed by atoms with van der Waals surface area (Å²) in [7, 11) is 1.48. The monoisotopic (exact) mass is 630 g/mol. The van der Waals surface area contributed by atoms with Gasteiger partial charge in [-0.15, -0.1) is 0 Å². The third-order valence-corrected chi connectivity index (χ3v) is 7.19. The Balaban J connectivity index is 1.43. The highest BCUT2D eigenvalue weighted by Gasteiger charge is 2.36. The summed E-state index contributed by atoms with van der Waals surface area (Å²) >= 11 is 10.6. The van der Waals surface area contributed by atoms with E-state index in [0.717, 1.165) is 26.7 Å². The Kier molecular flexibility index (Phi) is 9.55. The van der Waals surface area contributed by atoms with E-state index in [0.29, 0.717) is 35.1 Å². The molecule has 202 valence electrons. The lowest BCUT2D eigenvalue weighted by atomic mass is 10.1. The van der Waals surface area contributed by atoms with E-state index < -0.39 is 23.6 Å². The van der Waals surface area contributed by atoms with Gasteiger partial charge in [-0.25, -0.2) is 0 Å². The number of carbonyl (C=O) groups is 3. The first-order valence-corrected chi connectivity index (χ1v) is 13.8. The largest absolute Gasteiger partial charge is 0.494 e. The fourth-order valence-electron chi connectivity index (χ4n) is 3.63. The molecule has 3 aromatic carbocycles. The standard InChI is InChI=1S/C28H24BrClN2O6S/c1-3-37-21-10-8-20(9-11-21)31-25(33)15-32-27(34)24(39-28(32)35)14-18-12-22(30)26(23(13-18)36-2)38-16-17-4-6-19(29)7-5-17/h4-14H,3,15-16H2,1-2H3,(H,31,33)/b24-14+. The molecule has 0 unspecified atom stereocenters. The Morgan fingerprint density at radius 1 is 1.08 bits per heavy atom. The SMILES string of the molecule is CCOc1ccc(NC(=O)CN2C(=O)S/C(=C/c3cc(Cl)c(OCc4ccc(Br)cc4)c(OC)c3)C2=O)cc1. The first-order chi connectivity index (χ1) is 18.8. The van der Waals surface area contributed by atoms with E-state index in [4.69, 9.17) is 25.8 Å².